The maximum absolute atomic E-state index is 14.2. The standard InChI is InChI=1S/C30H17ClF3N5O4/c31-18-8-10-21(11-9-18)43-22-13-19(12-20(14-22)39(41)42)36-29(40)25-16-35-38-27(30(32,33)34)15-26(37-28(25)38)24-7-3-5-17-4-1-2-6-23(17)24/h1-16H,(H,36,40). The zero-order valence-electron chi connectivity index (χ0n) is 21.7. The van der Waals surface area contributed by atoms with Gasteiger partial charge in [0.15, 0.2) is 11.3 Å². The summed E-state index contributed by atoms with van der Waals surface area (Å²) in [5.41, 5.74) is -1.77. The van der Waals surface area contributed by atoms with E-state index in [1.54, 1.807) is 48.5 Å². The summed E-state index contributed by atoms with van der Waals surface area (Å²) in [5.74, 6) is -0.527. The number of nitrogens with one attached hydrogen (secondary N) is 1. The maximum atomic E-state index is 14.2. The lowest BCUT2D eigenvalue weighted by molar-refractivity contribution is -0.384. The van der Waals surface area contributed by atoms with Crippen LogP contribution in [0.1, 0.15) is 16.1 Å². The van der Waals surface area contributed by atoms with Gasteiger partial charge in [-0.3, -0.25) is 14.9 Å². The van der Waals surface area contributed by atoms with Crippen LogP contribution in [0.3, 0.4) is 0 Å². The fourth-order valence-electron chi connectivity index (χ4n) is 4.57. The molecule has 0 saturated carbocycles. The van der Waals surface area contributed by atoms with Crippen LogP contribution in [0.4, 0.5) is 24.5 Å². The summed E-state index contributed by atoms with van der Waals surface area (Å²) in [4.78, 5) is 28.7. The zero-order chi connectivity index (χ0) is 30.3. The lowest BCUT2D eigenvalue weighted by atomic mass is 10.0. The highest BCUT2D eigenvalue weighted by atomic mass is 35.5. The highest BCUT2D eigenvalue weighted by Gasteiger charge is 2.36. The number of nitro groups is 1. The third-order valence-electron chi connectivity index (χ3n) is 6.48. The number of nitrogens with zero attached hydrogens (tertiary/aromatic N) is 4. The number of nitro benzene ring substituents is 1. The first kappa shape index (κ1) is 27.7. The summed E-state index contributed by atoms with van der Waals surface area (Å²) in [6.07, 6.45) is -3.86. The van der Waals surface area contributed by atoms with E-state index in [2.05, 4.69) is 15.4 Å². The second-order valence-corrected chi connectivity index (χ2v) is 9.76. The number of benzene rings is 4. The van der Waals surface area contributed by atoms with Crippen molar-refractivity contribution >= 4 is 45.3 Å². The molecule has 0 spiro atoms. The predicted molar refractivity (Wildman–Crippen MR) is 154 cm³/mol. The molecular formula is C30H17ClF3N5O4. The fraction of sp³-hybridized carbons (Fsp3) is 0.0333. The number of carbonyl (C=O) groups excluding carboxylic acids is 1. The van der Waals surface area contributed by atoms with E-state index < -0.39 is 28.4 Å². The third kappa shape index (κ3) is 5.55. The van der Waals surface area contributed by atoms with Crippen molar-refractivity contribution in [2.45, 2.75) is 6.18 Å². The number of fused-ring (bicyclic) bond motifs is 2. The van der Waals surface area contributed by atoms with Gasteiger partial charge in [-0.25, -0.2) is 9.50 Å². The molecule has 4 aromatic carbocycles. The smallest absolute Gasteiger partial charge is 0.433 e. The summed E-state index contributed by atoms with van der Waals surface area (Å²) < 4.78 is 48.8. The number of carbonyl (C=O) groups is 1. The summed E-state index contributed by atoms with van der Waals surface area (Å²) >= 11 is 5.89. The molecule has 0 radical (unpaired) electrons. The Bertz CT molecular complexity index is 2040. The Kier molecular flexibility index (Phi) is 6.90. The maximum Gasteiger partial charge on any atom is 0.433 e. The Morgan fingerprint density at radius 2 is 1.70 bits per heavy atom. The molecule has 0 fully saturated rings. The molecule has 0 atom stereocenters. The Morgan fingerprint density at radius 3 is 2.44 bits per heavy atom. The normalized spacial score (nSPS) is 11.5. The van der Waals surface area contributed by atoms with Crippen molar-refractivity contribution in [3.63, 3.8) is 0 Å². The van der Waals surface area contributed by atoms with Crippen molar-refractivity contribution in [2.75, 3.05) is 5.32 Å². The van der Waals surface area contributed by atoms with E-state index in [0.717, 1.165) is 29.8 Å². The molecule has 214 valence electrons. The first-order valence-corrected chi connectivity index (χ1v) is 12.9. The van der Waals surface area contributed by atoms with Crippen LogP contribution >= 0.6 is 11.6 Å². The number of amides is 1. The number of anilines is 1. The van der Waals surface area contributed by atoms with Gasteiger partial charge in [0.1, 0.15) is 17.1 Å². The van der Waals surface area contributed by atoms with Gasteiger partial charge < -0.3 is 10.1 Å². The molecule has 0 saturated heterocycles. The summed E-state index contributed by atoms with van der Waals surface area (Å²) in [6, 6.07) is 23.0. The van der Waals surface area contributed by atoms with E-state index in [0.29, 0.717) is 26.2 Å². The molecule has 0 unspecified atom stereocenters. The van der Waals surface area contributed by atoms with E-state index >= 15 is 0 Å². The van der Waals surface area contributed by atoms with Gasteiger partial charge >= 0.3 is 6.18 Å². The van der Waals surface area contributed by atoms with Gasteiger partial charge in [-0.1, -0.05) is 54.1 Å². The number of alkyl halides is 3. The predicted octanol–water partition coefficient (Wildman–Crippen LogP) is 8.17. The number of non-ortho nitro benzene ring substituents is 1. The van der Waals surface area contributed by atoms with Gasteiger partial charge in [-0.05, 0) is 41.1 Å². The van der Waals surface area contributed by atoms with E-state index in [9.17, 15) is 28.1 Å². The molecule has 9 nitrogen and oxygen atoms in total. The quantitative estimate of drug-likeness (QED) is 0.152. The number of rotatable bonds is 6. The highest BCUT2D eigenvalue weighted by molar-refractivity contribution is 6.30. The molecule has 2 heterocycles. The molecule has 6 rings (SSSR count). The monoisotopic (exact) mass is 603 g/mol. The van der Waals surface area contributed by atoms with Crippen molar-refractivity contribution < 1.29 is 27.6 Å². The second kappa shape index (κ2) is 10.7. The lowest BCUT2D eigenvalue weighted by Gasteiger charge is -2.13. The van der Waals surface area contributed by atoms with Crippen molar-refractivity contribution in [1.29, 1.82) is 0 Å². The second-order valence-electron chi connectivity index (χ2n) is 9.33. The van der Waals surface area contributed by atoms with Crippen LogP contribution in [-0.4, -0.2) is 25.4 Å². The van der Waals surface area contributed by atoms with Crippen molar-refractivity contribution in [3.8, 4) is 22.8 Å². The van der Waals surface area contributed by atoms with E-state index in [1.165, 1.54) is 6.07 Å². The molecule has 0 aliphatic heterocycles. The third-order valence-corrected chi connectivity index (χ3v) is 6.73. The lowest BCUT2D eigenvalue weighted by Crippen LogP contribution is -2.16. The van der Waals surface area contributed by atoms with Crippen LogP contribution in [0.25, 0.3) is 27.7 Å². The van der Waals surface area contributed by atoms with E-state index in [4.69, 9.17) is 16.3 Å². The van der Waals surface area contributed by atoms with Gasteiger partial charge in [0.2, 0.25) is 0 Å². The molecule has 0 aliphatic carbocycles. The number of hydrogen-bond acceptors (Lipinski definition) is 6. The van der Waals surface area contributed by atoms with E-state index in [1.807, 2.05) is 18.2 Å². The molecule has 13 heteroatoms. The molecule has 2 aromatic heterocycles. The first-order chi connectivity index (χ1) is 20.6. The van der Waals surface area contributed by atoms with Crippen LogP contribution in [0.5, 0.6) is 11.5 Å². The number of halogens is 4. The first-order valence-electron chi connectivity index (χ1n) is 12.6. The van der Waals surface area contributed by atoms with Crippen molar-refractivity contribution in [3.05, 3.63) is 124 Å². The Morgan fingerprint density at radius 1 is 0.953 bits per heavy atom. The van der Waals surface area contributed by atoms with Gasteiger partial charge in [-0.2, -0.15) is 18.3 Å². The van der Waals surface area contributed by atoms with Crippen LogP contribution in [0.15, 0.2) is 97.2 Å². The fourth-order valence-corrected chi connectivity index (χ4v) is 4.69. The van der Waals surface area contributed by atoms with Gasteiger partial charge in [-0.15, -0.1) is 0 Å². The van der Waals surface area contributed by atoms with Gasteiger partial charge in [0, 0.05) is 22.7 Å². The number of ether oxygens (including phenoxy) is 1. The van der Waals surface area contributed by atoms with Crippen molar-refractivity contribution in [2.24, 2.45) is 0 Å². The molecule has 6 aromatic rings. The average Bonchev–Trinajstić information content (AvgIpc) is 3.41. The van der Waals surface area contributed by atoms with Crippen molar-refractivity contribution in [1.82, 2.24) is 14.6 Å². The summed E-state index contributed by atoms with van der Waals surface area (Å²) in [6.45, 7) is 0. The molecule has 0 bridgehead atoms. The van der Waals surface area contributed by atoms with E-state index in [-0.39, 0.29) is 28.3 Å². The topological polar surface area (TPSA) is 112 Å². The highest BCUT2D eigenvalue weighted by Crippen LogP contribution is 2.35. The number of hydrogen-bond donors (Lipinski definition) is 1. The van der Waals surface area contributed by atoms with Gasteiger partial charge in [0.05, 0.1) is 28.6 Å². The van der Waals surface area contributed by atoms with Crippen LogP contribution < -0.4 is 10.1 Å². The van der Waals surface area contributed by atoms with Crippen LogP contribution in [-0.2, 0) is 6.18 Å². The summed E-state index contributed by atoms with van der Waals surface area (Å²) in [5, 5.41) is 19.8. The van der Waals surface area contributed by atoms with Crippen LogP contribution in [0, 0.1) is 10.1 Å². The average molecular weight is 604 g/mol. The number of aromatic nitrogens is 3. The minimum absolute atomic E-state index is 0.0137. The Balaban J connectivity index is 1.42. The van der Waals surface area contributed by atoms with Crippen LogP contribution in [0.2, 0.25) is 5.02 Å². The Labute approximate surface area is 245 Å². The molecule has 43 heavy (non-hydrogen) atoms. The largest absolute Gasteiger partial charge is 0.457 e. The minimum atomic E-state index is -4.83. The minimum Gasteiger partial charge on any atom is -0.457 e. The summed E-state index contributed by atoms with van der Waals surface area (Å²) in [7, 11) is 0. The zero-order valence-corrected chi connectivity index (χ0v) is 22.4. The molecular weight excluding hydrogens is 587 g/mol. The Hall–Kier alpha value is -5.49. The van der Waals surface area contributed by atoms with Gasteiger partial charge in [0.25, 0.3) is 11.6 Å². The SMILES string of the molecule is O=C(Nc1cc(Oc2ccc(Cl)cc2)cc([N+](=O)[O-])c1)c1cnn2c(C(F)(F)F)cc(-c3cccc4ccccc34)nc12. The molecule has 1 amide bonds. The molecule has 1 N–H and O–H groups in total. The molecule has 0 aliphatic rings.